The van der Waals surface area contributed by atoms with E-state index in [0.29, 0.717) is 6.42 Å². The second-order valence-corrected chi connectivity index (χ2v) is 5.65. The molecule has 1 heterocycles. The summed E-state index contributed by atoms with van der Waals surface area (Å²) in [6.07, 6.45) is 5.94. The zero-order chi connectivity index (χ0) is 15.2. The van der Waals surface area contributed by atoms with Gasteiger partial charge < -0.3 is 5.32 Å². The molecule has 0 fully saturated rings. The van der Waals surface area contributed by atoms with Gasteiger partial charge in [-0.25, -0.2) is 0 Å². The first-order valence-electron chi connectivity index (χ1n) is 7.73. The van der Waals surface area contributed by atoms with Crippen molar-refractivity contribution in [2.75, 3.05) is 6.54 Å². The maximum Gasteiger partial charge on any atom is 0.158 e. The Morgan fingerprint density at radius 3 is 2.64 bits per heavy atom. The van der Waals surface area contributed by atoms with Gasteiger partial charge in [-0.3, -0.25) is 9.78 Å². The number of ketones is 1. The Kier molecular flexibility index (Phi) is 4.64. The second-order valence-electron chi connectivity index (χ2n) is 5.65. The molecule has 1 aliphatic carbocycles. The number of carbonyl (C=O) groups excluding carboxylic acids is 1. The second kappa shape index (κ2) is 7.03. The highest BCUT2D eigenvalue weighted by Crippen LogP contribution is 2.30. The molecule has 0 unspecified atom stereocenters. The molecular weight excluding hydrogens is 272 g/mol. The standard InChI is InChI=1S/C19H20N2O/c22-19-13-16(15-6-2-1-3-7-15)12-18(14-19)21-11-9-17-8-4-5-10-20-17/h1-8,10,14,16,21H,9,11-13H2/t16-/m1/s1. The molecule has 3 heteroatoms. The Morgan fingerprint density at radius 1 is 1.05 bits per heavy atom. The normalized spacial score (nSPS) is 17.9. The molecule has 1 aromatic heterocycles. The topological polar surface area (TPSA) is 42.0 Å². The molecule has 0 saturated heterocycles. The number of hydrogen-bond donors (Lipinski definition) is 1. The highest BCUT2D eigenvalue weighted by molar-refractivity contribution is 5.91. The van der Waals surface area contributed by atoms with E-state index in [-0.39, 0.29) is 11.7 Å². The Balaban J connectivity index is 1.58. The van der Waals surface area contributed by atoms with Crippen molar-refractivity contribution in [3.8, 4) is 0 Å². The number of hydrogen-bond acceptors (Lipinski definition) is 3. The maximum absolute atomic E-state index is 12.0. The zero-order valence-corrected chi connectivity index (χ0v) is 12.5. The van der Waals surface area contributed by atoms with Gasteiger partial charge in [-0.15, -0.1) is 0 Å². The Bertz CT molecular complexity index is 650. The van der Waals surface area contributed by atoms with Crippen LogP contribution in [0.5, 0.6) is 0 Å². The molecule has 1 aliphatic rings. The Labute approximate surface area is 131 Å². The molecule has 1 N–H and O–H groups in total. The molecule has 0 spiro atoms. The van der Waals surface area contributed by atoms with Crippen LogP contribution in [-0.4, -0.2) is 17.3 Å². The largest absolute Gasteiger partial charge is 0.388 e. The Morgan fingerprint density at radius 2 is 1.86 bits per heavy atom. The van der Waals surface area contributed by atoms with Gasteiger partial charge in [0.1, 0.15) is 0 Å². The third-order valence-corrected chi connectivity index (χ3v) is 3.98. The summed E-state index contributed by atoms with van der Waals surface area (Å²) in [6, 6.07) is 16.2. The van der Waals surface area contributed by atoms with E-state index in [1.165, 1.54) is 5.56 Å². The number of carbonyl (C=O) groups is 1. The SMILES string of the molecule is O=C1C=C(NCCc2ccccn2)C[C@@H](c2ccccc2)C1. The van der Waals surface area contributed by atoms with Crippen LogP contribution < -0.4 is 5.32 Å². The number of aromatic nitrogens is 1. The van der Waals surface area contributed by atoms with Crippen LogP contribution in [0.25, 0.3) is 0 Å². The van der Waals surface area contributed by atoms with E-state index in [9.17, 15) is 4.79 Å². The van der Waals surface area contributed by atoms with Crippen LogP contribution in [-0.2, 0) is 11.2 Å². The predicted octanol–water partition coefficient (Wildman–Crippen LogP) is 3.24. The van der Waals surface area contributed by atoms with Crippen LogP contribution >= 0.6 is 0 Å². The van der Waals surface area contributed by atoms with Crippen LogP contribution in [0, 0.1) is 0 Å². The van der Waals surface area contributed by atoms with Gasteiger partial charge in [0.2, 0.25) is 0 Å². The molecule has 0 aliphatic heterocycles. The average molecular weight is 292 g/mol. The molecule has 112 valence electrons. The summed E-state index contributed by atoms with van der Waals surface area (Å²) in [5.74, 6) is 0.497. The van der Waals surface area contributed by atoms with Crippen molar-refractivity contribution in [2.24, 2.45) is 0 Å². The predicted molar refractivity (Wildman–Crippen MR) is 87.5 cm³/mol. The Hall–Kier alpha value is -2.42. The monoisotopic (exact) mass is 292 g/mol. The molecule has 0 saturated carbocycles. The number of nitrogens with one attached hydrogen (secondary N) is 1. The third-order valence-electron chi connectivity index (χ3n) is 3.98. The fourth-order valence-corrected chi connectivity index (χ4v) is 2.87. The zero-order valence-electron chi connectivity index (χ0n) is 12.5. The van der Waals surface area contributed by atoms with Crippen LogP contribution in [0.3, 0.4) is 0 Å². The van der Waals surface area contributed by atoms with E-state index in [1.807, 2.05) is 42.6 Å². The van der Waals surface area contributed by atoms with Gasteiger partial charge in [-0.2, -0.15) is 0 Å². The smallest absolute Gasteiger partial charge is 0.158 e. The van der Waals surface area contributed by atoms with Gasteiger partial charge in [-0.1, -0.05) is 36.4 Å². The number of rotatable bonds is 5. The number of benzene rings is 1. The summed E-state index contributed by atoms with van der Waals surface area (Å²) in [4.78, 5) is 16.3. The van der Waals surface area contributed by atoms with Crippen LogP contribution in [0.2, 0.25) is 0 Å². The van der Waals surface area contributed by atoms with Gasteiger partial charge in [0.25, 0.3) is 0 Å². The third kappa shape index (κ3) is 3.82. The van der Waals surface area contributed by atoms with Crippen LogP contribution in [0.1, 0.15) is 30.0 Å². The molecule has 2 aromatic rings. The van der Waals surface area contributed by atoms with Crippen molar-refractivity contribution < 1.29 is 4.79 Å². The summed E-state index contributed by atoms with van der Waals surface area (Å²) >= 11 is 0. The van der Waals surface area contributed by atoms with E-state index in [4.69, 9.17) is 0 Å². The maximum atomic E-state index is 12.0. The minimum Gasteiger partial charge on any atom is -0.388 e. The van der Waals surface area contributed by atoms with Crippen LogP contribution in [0.4, 0.5) is 0 Å². The molecule has 0 radical (unpaired) electrons. The van der Waals surface area contributed by atoms with Crippen molar-refractivity contribution in [2.45, 2.75) is 25.2 Å². The van der Waals surface area contributed by atoms with Crippen LogP contribution in [0.15, 0.2) is 66.5 Å². The van der Waals surface area contributed by atoms with E-state index >= 15 is 0 Å². The molecule has 0 amide bonds. The van der Waals surface area contributed by atoms with Gasteiger partial charge >= 0.3 is 0 Å². The van der Waals surface area contributed by atoms with Crippen molar-refractivity contribution in [3.63, 3.8) is 0 Å². The lowest BCUT2D eigenvalue weighted by Gasteiger charge is -2.23. The van der Waals surface area contributed by atoms with E-state index in [1.54, 1.807) is 6.08 Å². The minimum atomic E-state index is 0.209. The molecule has 1 aromatic carbocycles. The molecule has 1 atom stereocenters. The van der Waals surface area contributed by atoms with Gasteiger partial charge in [-0.05, 0) is 30.0 Å². The molecule has 3 rings (SSSR count). The van der Waals surface area contributed by atoms with Gasteiger partial charge in [0, 0.05) is 43.1 Å². The summed E-state index contributed by atoms with van der Waals surface area (Å²) in [6.45, 7) is 0.803. The van der Waals surface area contributed by atoms with Gasteiger partial charge in [0.15, 0.2) is 5.78 Å². The quantitative estimate of drug-likeness (QED) is 0.920. The number of allylic oxidation sites excluding steroid dienone is 2. The summed E-state index contributed by atoms with van der Waals surface area (Å²) in [5, 5.41) is 3.40. The number of nitrogens with zero attached hydrogens (tertiary/aromatic N) is 1. The molecule has 0 bridgehead atoms. The fraction of sp³-hybridized carbons (Fsp3) is 0.263. The lowest BCUT2D eigenvalue weighted by atomic mass is 9.85. The van der Waals surface area contributed by atoms with E-state index < -0.39 is 0 Å². The first-order chi connectivity index (χ1) is 10.8. The van der Waals surface area contributed by atoms with Gasteiger partial charge in [0.05, 0.1) is 0 Å². The fourth-order valence-electron chi connectivity index (χ4n) is 2.87. The van der Waals surface area contributed by atoms with Crippen molar-refractivity contribution in [1.29, 1.82) is 0 Å². The minimum absolute atomic E-state index is 0.209. The molecule has 3 nitrogen and oxygen atoms in total. The van der Waals surface area contributed by atoms with Crippen molar-refractivity contribution in [1.82, 2.24) is 10.3 Å². The summed E-state index contributed by atoms with van der Waals surface area (Å²) in [7, 11) is 0. The molecular formula is C19H20N2O. The highest BCUT2D eigenvalue weighted by atomic mass is 16.1. The first-order valence-corrected chi connectivity index (χ1v) is 7.73. The summed E-state index contributed by atoms with van der Waals surface area (Å²) < 4.78 is 0. The molecule has 22 heavy (non-hydrogen) atoms. The average Bonchev–Trinajstić information content (AvgIpc) is 2.56. The lowest BCUT2D eigenvalue weighted by molar-refractivity contribution is -0.115. The first kappa shape index (κ1) is 14.5. The lowest BCUT2D eigenvalue weighted by Crippen LogP contribution is -2.24. The van der Waals surface area contributed by atoms with Crippen molar-refractivity contribution >= 4 is 5.78 Å². The highest BCUT2D eigenvalue weighted by Gasteiger charge is 2.21. The van der Waals surface area contributed by atoms with E-state index in [2.05, 4.69) is 22.4 Å². The van der Waals surface area contributed by atoms with Crippen molar-refractivity contribution in [3.05, 3.63) is 77.8 Å². The number of pyridine rings is 1. The summed E-state index contributed by atoms with van der Waals surface area (Å²) in [5.41, 5.74) is 3.35. The van der Waals surface area contributed by atoms with E-state index in [0.717, 1.165) is 30.8 Å².